The van der Waals surface area contributed by atoms with Crippen LogP contribution in [-0.2, 0) is 14.3 Å². The van der Waals surface area contributed by atoms with Crippen LogP contribution in [0, 0.1) is 18.3 Å². The maximum atomic E-state index is 13.1. The number of methoxy groups -OCH3 is 2. The molecule has 3 rings (SSSR count). The molecular formula is C24H33NO6. The van der Waals surface area contributed by atoms with Gasteiger partial charge in [0.2, 0.25) is 0 Å². The van der Waals surface area contributed by atoms with Gasteiger partial charge in [0.1, 0.15) is 24.1 Å². The minimum atomic E-state index is -0.371. The van der Waals surface area contributed by atoms with Gasteiger partial charge in [-0.15, -0.1) is 0 Å². The molecule has 0 aliphatic heterocycles. The molecule has 31 heavy (non-hydrogen) atoms. The molecular weight excluding hydrogens is 398 g/mol. The molecule has 2 saturated carbocycles. The topological polar surface area (TPSA) is 90.9 Å². The molecule has 7 heteroatoms. The van der Waals surface area contributed by atoms with E-state index in [-0.39, 0.29) is 35.5 Å². The smallest absolute Gasteiger partial charge is 0.255 e. The molecule has 0 aromatic heterocycles. The zero-order chi connectivity index (χ0) is 22.6. The van der Waals surface area contributed by atoms with Gasteiger partial charge in [-0.3, -0.25) is 4.79 Å². The number of aldehydes is 2. The van der Waals surface area contributed by atoms with E-state index < -0.39 is 0 Å². The second-order valence-corrected chi connectivity index (χ2v) is 9.06. The number of ether oxygens (including phenoxy) is 3. The third-order valence-electron chi connectivity index (χ3n) is 6.82. The quantitative estimate of drug-likeness (QED) is 0.636. The minimum Gasteiger partial charge on any atom is -0.496 e. The lowest BCUT2D eigenvalue weighted by Gasteiger charge is -2.33. The van der Waals surface area contributed by atoms with Crippen LogP contribution in [0.25, 0.3) is 0 Å². The molecule has 170 valence electrons. The molecule has 2 fully saturated rings. The van der Waals surface area contributed by atoms with Crippen molar-refractivity contribution < 1.29 is 28.6 Å². The van der Waals surface area contributed by atoms with E-state index in [2.05, 4.69) is 5.32 Å². The van der Waals surface area contributed by atoms with Crippen molar-refractivity contribution >= 4 is 18.5 Å². The van der Waals surface area contributed by atoms with Crippen molar-refractivity contribution in [3.63, 3.8) is 0 Å². The zero-order valence-electron chi connectivity index (χ0n) is 18.8. The highest BCUT2D eigenvalue weighted by molar-refractivity contribution is 5.98. The minimum absolute atomic E-state index is 0.00294. The normalized spacial score (nSPS) is 30.5. The number of benzene rings is 1. The van der Waals surface area contributed by atoms with E-state index in [1.54, 1.807) is 19.2 Å². The molecule has 2 aliphatic rings. The van der Waals surface area contributed by atoms with Crippen molar-refractivity contribution in [2.24, 2.45) is 11.3 Å². The fourth-order valence-corrected chi connectivity index (χ4v) is 4.64. The number of hydrogen-bond acceptors (Lipinski definition) is 6. The van der Waals surface area contributed by atoms with Crippen molar-refractivity contribution in [1.29, 1.82) is 0 Å². The summed E-state index contributed by atoms with van der Waals surface area (Å²) >= 11 is 0. The first kappa shape index (κ1) is 23.3. The Morgan fingerprint density at radius 3 is 2.39 bits per heavy atom. The lowest BCUT2D eigenvalue weighted by Crippen LogP contribution is -2.45. The van der Waals surface area contributed by atoms with Gasteiger partial charge in [0, 0.05) is 18.4 Å². The van der Waals surface area contributed by atoms with E-state index in [9.17, 15) is 14.4 Å². The van der Waals surface area contributed by atoms with Gasteiger partial charge in [-0.25, -0.2) is 0 Å². The fraction of sp³-hybridized carbons (Fsp3) is 0.625. The predicted molar refractivity (Wildman–Crippen MR) is 116 cm³/mol. The zero-order valence-corrected chi connectivity index (χ0v) is 18.8. The van der Waals surface area contributed by atoms with Crippen LogP contribution in [0.15, 0.2) is 12.1 Å². The van der Waals surface area contributed by atoms with Gasteiger partial charge in [-0.1, -0.05) is 6.92 Å². The number of carbonyl (C=O) groups is 3. The van der Waals surface area contributed by atoms with Gasteiger partial charge < -0.3 is 29.1 Å². The van der Waals surface area contributed by atoms with Crippen molar-refractivity contribution in [1.82, 2.24) is 5.32 Å². The van der Waals surface area contributed by atoms with Gasteiger partial charge in [-0.05, 0) is 63.1 Å². The second-order valence-electron chi connectivity index (χ2n) is 9.06. The molecule has 1 aromatic carbocycles. The predicted octanol–water partition coefficient (Wildman–Crippen LogP) is 3.25. The maximum absolute atomic E-state index is 13.1. The monoisotopic (exact) mass is 431 g/mol. The van der Waals surface area contributed by atoms with Crippen LogP contribution >= 0.6 is 0 Å². The molecule has 0 saturated heterocycles. The molecule has 0 spiro atoms. The van der Waals surface area contributed by atoms with Crippen molar-refractivity contribution in [2.75, 3.05) is 14.2 Å². The van der Waals surface area contributed by atoms with E-state index in [1.165, 1.54) is 7.11 Å². The number of aryl methyl sites for hydroxylation is 1. The standard InChI is InChI=1S/C24H33NO6/c1-15-11-21(30-4)18(23(28)25-22-16(13-26)5-6-19(22)29-3)12-20(15)31-17-7-9-24(2,14-27)10-8-17/h11-14,16-17,19,22H,5-10H2,1-4H3,(H,25,28)/t16-,17-,19-,22+,24+/m1/s1. The summed E-state index contributed by atoms with van der Waals surface area (Å²) in [7, 11) is 3.12. The Labute approximate surface area is 183 Å². The third-order valence-corrected chi connectivity index (χ3v) is 6.82. The summed E-state index contributed by atoms with van der Waals surface area (Å²) in [5.74, 6) is 0.497. The highest BCUT2D eigenvalue weighted by atomic mass is 16.5. The Morgan fingerprint density at radius 1 is 1.10 bits per heavy atom. The Morgan fingerprint density at radius 2 is 1.81 bits per heavy atom. The molecule has 0 radical (unpaired) electrons. The van der Waals surface area contributed by atoms with Crippen LogP contribution in [0.2, 0.25) is 0 Å². The SMILES string of the molecule is COc1cc(C)c(O[C@H]2CC[C@@](C)(C=O)CC2)cc1C(=O)N[C@H]1[C@@H](C=O)CC[C@H]1OC. The van der Waals surface area contributed by atoms with Crippen LogP contribution in [0.1, 0.15) is 61.4 Å². The molecule has 2 aliphatic carbocycles. The average molecular weight is 432 g/mol. The summed E-state index contributed by atoms with van der Waals surface area (Å²) in [5.41, 5.74) is 0.968. The summed E-state index contributed by atoms with van der Waals surface area (Å²) < 4.78 is 17.1. The van der Waals surface area contributed by atoms with Gasteiger partial charge in [0.05, 0.1) is 30.9 Å². The first-order valence-corrected chi connectivity index (χ1v) is 10.9. The molecule has 0 heterocycles. The molecule has 0 bridgehead atoms. The largest absolute Gasteiger partial charge is 0.496 e. The number of rotatable bonds is 8. The van der Waals surface area contributed by atoms with Crippen LogP contribution < -0.4 is 14.8 Å². The fourth-order valence-electron chi connectivity index (χ4n) is 4.64. The number of amides is 1. The van der Waals surface area contributed by atoms with Crippen molar-refractivity contribution in [2.45, 2.75) is 70.6 Å². The van der Waals surface area contributed by atoms with Crippen LogP contribution in [-0.4, -0.2) is 50.9 Å². The Hall–Kier alpha value is -2.41. The summed E-state index contributed by atoms with van der Waals surface area (Å²) in [6.45, 7) is 3.90. The molecule has 1 aromatic rings. The highest BCUT2D eigenvalue weighted by Crippen LogP contribution is 2.37. The van der Waals surface area contributed by atoms with E-state index in [0.29, 0.717) is 23.5 Å². The first-order chi connectivity index (χ1) is 14.8. The van der Waals surface area contributed by atoms with Crippen LogP contribution in [0.3, 0.4) is 0 Å². The van der Waals surface area contributed by atoms with E-state index in [1.807, 2.05) is 13.8 Å². The summed E-state index contributed by atoms with van der Waals surface area (Å²) in [6, 6.07) is 3.14. The molecule has 1 amide bonds. The van der Waals surface area contributed by atoms with Crippen LogP contribution in [0.4, 0.5) is 0 Å². The Kier molecular flexibility index (Phi) is 7.36. The molecule has 0 unspecified atom stereocenters. The first-order valence-electron chi connectivity index (χ1n) is 10.9. The van der Waals surface area contributed by atoms with Crippen molar-refractivity contribution in [3.05, 3.63) is 23.3 Å². The molecule has 1 N–H and O–H groups in total. The van der Waals surface area contributed by atoms with Gasteiger partial charge in [-0.2, -0.15) is 0 Å². The molecule has 7 nitrogen and oxygen atoms in total. The van der Waals surface area contributed by atoms with Gasteiger partial charge >= 0.3 is 0 Å². The Balaban J connectivity index is 1.78. The lowest BCUT2D eigenvalue weighted by atomic mass is 9.76. The van der Waals surface area contributed by atoms with E-state index >= 15 is 0 Å². The number of nitrogens with one attached hydrogen (secondary N) is 1. The van der Waals surface area contributed by atoms with Crippen molar-refractivity contribution in [3.8, 4) is 11.5 Å². The molecule has 3 atom stereocenters. The number of carbonyl (C=O) groups excluding carboxylic acids is 3. The van der Waals surface area contributed by atoms with E-state index in [0.717, 1.165) is 50.2 Å². The average Bonchev–Trinajstić information content (AvgIpc) is 3.17. The maximum Gasteiger partial charge on any atom is 0.255 e. The van der Waals surface area contributed by atoms with Crippen LogP contribution in [0.5, 0.6) is 11.5 Å². The Bertz CT molecular complexity index is 815. The van der Waals surface area contributed by atoms with Gasteiger partial charge in [0.15, 0.2) is 0 Å². The van der Waals surface area contributed by atoms with Gasteiger partial charge in [0.25, 0.3) is 5.91 Å². The summed E-state index contributed by atoms with van der Waals surface area (Å²) in [4.78, 5) is 35.9. The van der Waals surface area contributed by atoms with E-state index in [4.69, 9.17) is 14.2 Å². The summed E-state index contributed by atoms with van der Waals surface area (Å²) in [6.07, 6.45) is 6.33. The third kappa shape index (κ3) is 5.09. The number of hydrogen-bond donors (Lipinski definition) is 1. The summed E-state index contributed by atoms with van der Waals surface area (Å²) in [5, 5.41) is 2.97. The highest BCUT2D eigenvalue weighted by Gasteiger charge is 2.38. The second kappa shape index (κ2) is 9.81. The lowest BCUT2D eigenvalue weighted by molar-refractivity contribution is -0.117.